The zero-order chi connectivity index (χ0) is 29.0. The summed E-state index contributed by atoms with van der Waals surface area (Å²) in [5.74, 6) is -1.48. The Labute approximate surface area is 234 Å². The average Bonchev–Trinajstić information content (AvgIpc) is 3.20. The van der Waals surface area contributed by atoms with E-state index >= 15 is 0 Å². The number of hydrazine groups is 1. The van der Waals surface area contributed by atoms with Crippen LogP contribution in [0.25, 0.3) is 0 Å². The molecule has 6 unspecified atom stereocenters. The molecule has 0 N–H and O–H groups in total. The van der Waals surface area contributed by atoms with Gasteiger partial charge in [-0.05, 0) is 74.8 Å². The summed E-state index contributed by atoms with van der Waals surface area (Å²) < 4.78 is 70.5. The molecule has 4 saturated heterocycles. The van der Waals surface area contributed by atoms with Crippen molar-refractivity contribution in [1.29, 1.82) is 0 Å². The first-order valence-corrected chi connectivity index (χ1v) is 15.9. The molecule has 4 fully saturated rings. The quantitative estimate of drug-likeness (QED) is 0.494. The summed E-state index contributed by atoms with van der Waals surface area (Å²) in [5, 5.41) is 1.24. The molecule has 0 bridgehead atoms. The molecule has 8 nitrogen and oxygen atoms in total. The Bertz CT molecular complexity index is 1210. The number of nitroso groups, excluding NO2 is 1. The number of sulfonamides is 1. The fraction of sp³-hybridized carbons (Fsp3) is 0.750. The highest BCUT2D eigenvalue weighted by atomic mass is 32.2. The van der Waals surface area contributed by atoms with Gasteiger partial charge in [0.05, 0.1) is 16.3 Å². The highest BCUT2D eigenvalue weighted by molar-refractivity contribution is 7.89. The molecule has 4 aliphatic heterocycles. The van der Waals surface area contributed by atoms with Gasteiger partial charge in [0.25, 0.3) is 0 Å². The van der Waals surface area contributed by atoms with Crippen molar-refractivity contribution in [2.45, 2.75) is 76.0 Å². The topological polar surface area (TPSA) is 81.0 Å². The van der Waals surface area contributed by atoms with Gasteiger partial charge in [-0.1, -0.05) is 31.5 Å². The molecule has 0 saturated carbocycles. The van der Waals surface area contributed by atoms with Crippen molar-refractivity contribution >= 4 is 15.9 Å². The first kappa shape index (κ1) is 29.3. The predicted molar refractivity (Wildman–Crippen MR) is 142 cm³/mol. The summed E-state index contributed by atoms with van der Waals surface area (Å²) in [6, 6.07) is 3.57. The zero-order valence-corrected chi connectivity index (χ0v) is 24.2. The average molecular weight is 586 g/mol. The summed E-state index contributed by atoms with van der Waals surface area (Å²) in [5.41, 5.74) is 0.974. The lowest BCUT2D eigenvalue weighted by Crippen LogP contribution is -2.53. The van der Waals surface area contributed by atoms with Gasteiger partial charge in [0.15, 0.2) is 0 Å². The molecule has 222 valence electrons. The Morgan fingerprint density at radius 1 is 0.925 bits per heavy atom. The third-order valence-electron chi connectivity index (χ3n) is 9.53. The van der Waals surface area contributed by atoms with E-state index in [9.17, 15) is 31.3 Å². The molecular formula is C28H40F3N4O4S+. The van der Waals surface area contributed by atoms with Gasteiger partial charge in [0, 0.05) is 26.2 Å². The van der Waals surface area contributed by atoms with Gasteiger partial charge in [-0.3, -0.25) is 4.79 Å². The number of nitrogens with zero attached hydrogens (tertiary/aromatic N) is 4. The van der Waals surface area contributed by atoms with E-state index in [2.05, 4.69) is 0 Å². The van der Waals surface area contributed by atoms with E-state index in [1.165, 1.54) is 9.31 Å². The van der Waals surface area contributed by atoms with E-state index in [1.807, 2.05) is 20.8 Å². The molecule has 0 aliphatic carbocycles. The fourth-order valence-corrected chi connectivity index (χ4v) is 9.12. The molecule has 6 atom stereocenters. The van der Waals surface area contributed by atoms with E-state index in [0.717, 1.165) is 12.0 Å². The van der Waals surface area contributed by atoms with Crippen molar-refractivity contribution in [2.24, 2.45) is 29.6 Å². The third kappa shape index (κ3) is 5.49. The summed E-state index contributed by atoms with van der Waals surface area (Å²) in [6.07, 6.45) is -1.82. The minimum atomic E-state index is -4.82. The molecular weight excluding hydrogens is 545 g/mol. The molecule has 0 spiro atoms. The van der Waals surface area contributed by atoms with Crippen molar-refractivity contribution in [3.05, 3.63) is 34.7 Å². The standard InChI is InChI=1S/C28H40F3N4O4S/c1-18-4-6-23(7-5-18)40(38,39)33-11-8-21(9-12-33)22-10-13-34-24(15-22)25(26(35(34)37)28(29,30)31)27(36)32-16-19(2)14-20(3)17-32/h4-7,19-22,24-26H,8-17H2,1-3H3/q+1. The Morgan fingerprint density at radius 2 is 1.50 bits per heavy atom. The van der Waals surface area contributed by atoms with Crippen molar-refractivity contribution in [1.82, 2.24) is 14.2 Å². The number of benzene rings is 1. The van der Waals surface area contributed by atoms with Crippen LogP contribution >= 0.6 is 0 Å². The summed E-state index contributed by atoms with van der Waals surface area (Å²) in [4.78, 5) is 28.5. The second kappa shape index (κ2) is 10.9. The van der Waals surface area contributed by atoms with Crippen LogP contribution in [-0.4, -0.2) is 84.4 Å². The lowest BCUT2D eigenvalue weighted by atomic mass is 9.74. The number of carbonyl (C=O) groups excluding carboxylic acids is 1. The largest absolute Gasteiger partial charge is 0.460 e. The van der Waals surface area contributed by atoms with Crippen molar-refractivity contribution in [3.63, 3.8) is 0 Å². The SMILES string of the molecule is Cc1ccc(S(=O)(=O)N2CCC(C3CCN4C(C3)C(C(=O)N3CC(C)CC(C)C3)C(C(F)(F)F)[N+]4=O)CC2)cc1. The van der Waals surface area contributed by atoms with Crippen molar-refractivity contribution in [2.75, 3.05) is 32.7 Å². The lowest BCUT2D eigenvalue weighted by molar-refractivity contribution is -0.735. The second-order valence-electron chi connectivity index (χ2n) is 12.6. The van der Waals surface area contributed by atoms with E-state index in [0.29, 0.717) is 51.9 Å². The number of amides is 1. The number of rotatable bonds is 4. The maximum atomic E-state index is 14.2. The summed E-state index contributed by atoms with van der Waals surface area (Å²) >= 11 is 0. The number of hydrogen-bond acceptors (Lipinski definition) is 4. The Balaban J connectivity index is 1.31. The van der Waals surface area contributed by atoms with Gasteiger partial charge < -0.3 is 4.90 Å². The predicted octanol–water partition coefficient (Wildman–Crippen LogP) is 4.24. The monoisotopic (exact) mass is 585 g/mol. The van der Waals surface area contributed by atoms with Crippen LogP contribution in [0.2, 0.25) is 0 Å². The zero-order valence-electron chi connectivity index (χ0n) is 23.4. The summed E-state index contributed by atoms with van der Waals surface area (Å²) in [6.45, 7) is 7.57. The maximum absolute atomic E-state index is 14.2. The summed E-state index contributed by atoms with van der Waals surface area (Å²) in [7, 11) is -3.62. The van der Waals surface area contributed by atoms with Crippen LogP contribution in [0.1, 0.15) is 51.5 Å². The number of hydrogen-bond donors (Lipinski definition) is 0. The highest BCUT2D eigenvalue weighted by Crippen LogP contribution is 2.46. The van der Waals surface area contributed by atoms with E-state index in [1.54, 1.807) is 29.2 Å². The Morgan fingerprint density at radius 3 is 2.08 bits per heavy atom. The number of alkyl halides is 3. The van der Waals surface area contributed by atoms with Crippen LogP contribution in [-0.2, 0) is 14.8 Å². The normalized spacial score (nSPS) is 32.8. The van der Waals surface area contributed by atoms with Crippen LogP contribution in [0.3, 0.4) is 0 Å². The highest BCUT2D eigenvalue weighted by Gasteiger charge is 2.71. The first-order valence-electron chi connectivity index (χ1n) is 14.4. The molecule has 4 aliphatic rings. The molecule has 40 heavy (non-hydrogen) atoms. The fourth-order valence-electron chi connectivity index (χ4n) is 7.66. The van der Waals surface area contributed by atoms with Gasteiger partial charge >= 0.3 is 12.2 Å². The number of halogens is 3. The maximum Gasteiger partial charge on any atom is 0.460 e. The number of carbonyl (C=O) groups is 1. The first-order chi connectivity index (χ1) is 18.8. The third-order valence-corrected chi connectivity index (χ3v) is 11.4. The molecule has 0 aromatic heterocycles. The molecule has 5 rings (SSSR count). The Kier molecular flexibility index (Phi) is 7.97. The van der Waals surface area contributed by atoms with Crippen LogP contribution < -0.4 is 0 Å². The number of fused-ring (bicyclic) bond motifs is 1. The van der Waals surface area contributed by atoms with Gasteiger partial charge in [-0.2, -0.15) is 17.5 Å². The molecule has 12 heteroatoms. The molecule has 1 aromatic carbocycles. The van der Waals surface area contributed by atoms with Gasteiger partial charge in [0.1, 0.15) is 16.8 Å². The van der Waals surface area contributed by atoms with Crippen LogP contribution in [0.5, 0.6) is 0 Å². The number of aryl methyl sites for hydroxylation is 1. The lowest BCUT2D eigenvalue weighted by Gasteiger charge is -2.41. The minimum Gasteiger partial charge on any atom is -0.342 e. The van der Waals surface area contributed by atoms with Crippen LogP contribution in [0, 0.1) is 41.4 Å². The van der Waals surface area contributed by atoms with Gasteiger partial charge in [0.2, 0.25) is 15.9 Å². The second-order valence-corrected chi connectivity index (χ2v) is 14.5. The van der Waals surface area contributed by atoms with E-state index < -0.39 is 40.1 Å². The molecule has 0 radical (unpaired) electrons. The Hall–Kier alpha value is -2.21. The van der Waals surface area contributed by atoms with Crippen LogP contribution in [0.4, 0.5) is 13.2 Å². The molecule has 1 amide bonds. The van der Waals surface area contributed by atoms with Gasteiger partial charge in [-0.25, -0.2) is 8.42 Å². The molecule has 1 aromatic rings. The van der Waals surface area contributed by atoms with Gasteiger partial charge in [-0.15, -0.1) is 5.01 Å². The number of piperidine rings is 3. The van der Waals surface area contributed by atoms with Crippen molar-refractivity contribution in [3.8, 4) is 0 Å². The molecule has 4 heterocycles. The van der Waals surface area contributed by atoms with Crippen molar-refractivity contribution < 1.29 is 31.3 Å². The van der Waals surface area contributed by atoms with Crippen LogP contribution in [0.15, 0.2) is 29.2 Å². The smallest absolute Gasteiger partial charge is 0.342 e. The number of likely N-dealkylation sites (tertiary alicyclic amines) is 1. The van der Waals surface area contributed by atoms with E-state index in [4.69, 9.17) is 0 Å². The minimum absolute atomic E-state index is 0.0281. The van der Waals surface area contributed by atoms with E-state index in [-0.39, 0.29) is 40.0 Å².